The first-order valence-corrected chi connectivity index (χ1v) is 7.79. The fourth-order valence-electron chi connectivity index (χ4n) is 2.89. The van der Waals surface area contributed by atoms with Crippen molar-refractivity contribution in [3.05, 3.63) is 23.0 Å². The lowest BCUT2D eigenvalue weighted by molar-refractivity contribution is -0.0735. The molecule has 2 fully saturated rings. The molecule has 21 heavy (non-hydrogen) atoms. The van der Waals surface area contributed by atoms with Crippen LogP contribution < -0.4 is 0 Å². The molecule has 0 aromatic carbocycles. The summed E-state index contributed by atoms with van der Waals surface area (Å²) >= 11 is 6.05. The number of aromatic nitrogens is 1. The van der Waals surface area contributed by atoms with Gasteiger partial charge in [0.15, 0.2) is 0 Å². The Labute approximate surface area is 129 Å². The number of aliphatic hydroxyl groups is 1. The molecule has 1 aromatic rings. The second-order valence-corrected chi connectivity index (χ2v) is 6.62. The molecule has 2 aliphatic rings. The van der Waals surface area contributed by atoms with Gasteiger partial charge in [0.05, 0.1) is 10.6 Å². The zero-order valence-electron chi connectivity index (χ0n) is 12.2. The summed E-state index contributed by atoms with van der Waals surface area (Å²) in [4.78, 5) is 14.2. The fourth-order valence-corrected chi connectivity index (χ4v) is 3.10. The van der Waals surface area contributed by atoms with E-state index in [1.54, 1.807) is 18.0 Å². The maximum Gasteiger partial charge on any atom is 0.270 e. The molecule has 1 amide bonds. The van der Waals surface area contributed by atoms with Crippen LogP contribution in [0.15, 0.2) is 12.3 Å². The Balaban J connectivity index is 1.72. The highest BCUT2D eigenvalue weighted by atomic mass is 35.5. The minimum Gasteiger partial charge on any atom is -0.388 e. The lowest BCUT2D eigenvalue weighted by Crippen LogP contribution is -2.47. The van der Waals surface area contributed by atoms with E-state index in [1.807, 2.05) is 10.8 Å². The quantitative estimate of drug-likeness (QED) is 0.926. The third-order valence-electron chi connectivity index (χ3n) is 4.28. The first-order chi connectivity index (χ1) is 9.98. The number of carbonyl (C=O) groups excluding carboxylic acids is 1. The van der Waals surface area contributed by atoms with Gasteiger partial charge in [0.25, 0.3) is 5.91 Å². The van der Waals surface area contributed by atoms with Gasteiger partial charge in [-0.25, -0.2) is 0 Å². The summed E-state index contributed by atoms with van der Waals surface area (Å²) in [5.41, 5.74) is -0.232. The van der Waals surface area contributed by atoms with E-state index >= 15 is 0 Å². The van der Waals surface area contributed by atoms with Gasteiger partial charge in [0, 0.05) is 51.9 Å². The van der Waals surface area contributed by atoms with Gasteiger partial charge in [-0.15, -0.1) is 0 Å². The van der Waals surface area contributed by atoms with Gasteiger partial charge >= 0.3 is 0 Å². The van der Waals surface area contributed by atoms with Crippen LogP contribution in [0.4, 0.5) is 0 Å². The third-order valence-corrected chi connectivity index (χ3v) is 4.48. The Morgan fingerprint density at radius 3 is 2.81 bits per heavy atom. The van der Waals surface area contributed by atoms with Crippen LogP contribution in [0, 0.1) is 0 Å². The molecular formula is C15H21ClN2O3. The highest BCUT2D eigenvalue weighted by Crippen LogP contribution is 2.37. The molecule has 1 aliphatic heterocycles. The van der Waals surface area contributed by atoms with Crippen LogP contribution in [0.3, 0.4) is 0 Å². The molecule has 1 aliphatic carbocycles. The van der Waals surface area contributed by atoms with Crippen LogP contribution in [-0.2, 0) is 4.74 Å². The summed E-state index contributed by atoms with van der Waals surface area (Å²) in [7, 11) is 1.73. The summed E-state index contributed by atoms with van der Waals surface area (Å²) in [6.45, 7) is 1.41. The predicted molar refractivity (Wildman–Crippen MR) is 79.7 cm³/mol. The normalized spacial score (nSPS) is 21.3. The van der Waals surface area contributed by atoms with E-state index in [4.69, 9.17) is 16.3 Å². The van der Waals surface area contributed by atoms with Crippen molar-refractivity contribution < 1.29 is 14.6 Å². The first kappa shape index (κ1) is 14.9. The number of nitrogens with zero attached hydrogens (tertiary/aromatic N) is 2. The van der Waals surface area contributed by atoms with Crippen molar-refractivity contribution >= 4 is 17.5 Å². The number of likely N-dealkylation sites (N-methyl/N-ethyl adjacent to an activating group) is 1. The Morgan fingerprint density at radius 1 is 1.52 bits per heavy atom. The average molecular weight is 313 g/mol. The number of hydrogen-bond donors (Lipinski definition) is 1. The van der Waals surface area contributed by atoms with Crippen LogP contribution >= 0.6 is 11.6 Å². The molecule has 0 atom stereocenters. The molecule has 1 saturated carbocycles. The van der Waals surface area contributed by atoms with E-state index in [-0.39, 0.29) is 5.91 Å². The van der Waals surface area contributed by atoms with Crippen molar-refractivity contribution in [3.63, 3.8) is 0 Å². The Morgan fingerprint density at radius 2 is 2.19 bits per heavy atom. The SMILES string of the molecule is CN(CC1(O)CCOCC1)C(=O)c1cc(Cl)cn1C1CC1. The van der Waals surface area contributed by atoms with E-state index in [0.717, 1.165) is 12.8 Å². The zero-order valence-corrected chi connectivity index (χ0v) is 13.0. The molecule has 0 bridgehead atoms. The summed E-state index contributed by atoms with van der Waals surface area (Å²) in [5, 5.41) is 11.1. The van der Waals surface area contributed by atoms with Gasteiger partial charge in [-0.1, -0.05) is 11.6 Å². The van der Waals surface area contributed by atoms with E-state index in [1.165, 1.54) is 0 Å². The van der Waals surface area contributed by atoms with E-state index in [0.29, 0.717) is 49.4 Å². The molecule has 6 heteroatoms. The van der Waals surface area contributed by atoms with Gasteiger partial charge < -0.3 is 19.3 Å². The second-order valence-electron chi connectivity index (χ2n) is 6.18. The molecule has 1 saturated heterocycles. The van der Waals surface area contributed by atoms with Gasteiger partial charge in [-0.2, -0.15) is 0 Å². The molecule has 116 valence electrons. The fraction of sp³-hybridized carbons (Fsp3) is 0.667. The van der Waals surface area contributed by atoms with Gasteiger partial charge in [-0.3, -0.25) is 4.79 Å². The second kappa shape index (κ2) is 5.63. The topological polar surface area (TPSA) is 54.7 Å². The predicted octanol–water partition coefficient (Wildman–Crippen LogP) is 2.09. The number of hydrogen-bond acceptors (Lipinski definition) is 3. The molecule has 1 aromatic heterocycles. The number of carbonyl (C=O) groups is 1. The lowest BCUT2D eigenvalue weighted by Gasteiger charge is -2.35. The van der Waals surface area contributed by atoms with Gasteiger partial charge in [0.2, 0.25) is 0 Å². The largest absolute Gasteiger partial charge is 0.388 e. The van der Waals surface area contributed by atoms with Crippen molar-refractivity contribution in [1.29, 1.82) is 0 Å². The van der Waals surface area contributed by atoms with E-state index in [9.17, 15) is 9.90 Å². The van der Waals surface area contributed by atoms with E-state index < -0.39 is 5.60 Å². The number of rotatable bonds is 4. The summed E-state index contributed by atoms with van der Waals surface area (Å²) in [6.07, 6.45) is 5.14. The van der Waals surface area contributed by atoms with Crippen LogP contribution in [0.5, 0.6) is 0 Å². The molecule has 2 heterocycles. The average Bonchev–Trinajstić information content (AvgIpc) is 3.21. The summed E-state index contributed by atoms with van der Waals surface area (Å²) in [6, 6.07) is 2.11. The maximum atomic E-state index is 12.6. The van der Waals surface area contributed by atoms with Crippen molar-refractivity contribution in [2.75, 3.05) is 26.8 Å². The molecule has 0 radical (unpaired) electrons. The summed E-state index contributed by atoms with van der Waals surface area (Å²) in [5.74, 6) is -0.0892. The zero-order chi connectivity index (χ0) is 15.0. The summed E-state index contributed by atoms with van der Waals surface area (Å²) < 4.78 is 7.24. The molecule has 5 nitrogen and oxygen atoms in total. The Bertz CT molecular complexity index is 533. The maximum absolute atomic E-state index is 12.6. The highest BCUT2D eigenvalue weighted by Gasteiger charge is 2.34. The minimum absolute atomic E-state index is 0.0892. The molecule has 0 spiro atoms. The van der Waals surface area contributed by atoms with Crippen molar-refractivity contribution in [2.45, 2.75) is 37.3 Å². The van der Waals surface area contributed by atoms with Crippen molar-refractivity contribution in [3.8, 4) is 0 Å². The Hall–Kier alpha value is -1.04. The van der Waals surface area contributed by atoms with E-state index in [2.05, 4.69) is 0 Å². The van der Waals surface area contributed by atoms with Crippen molar-refractivity contribution in [2.24, 2.45) is 0 Å². The number of amides is 1. The monoisotopic (exact) mass is 312 g/mol. The standard InChI is InChI=1S/C15H21ClN2O3/c1-17(10-15(20)4-6-21-7-5-15)14(19)13-8-11(16)9-18(13)12-2-3-12/h8-9,12,20H,2-7,10H2,1H3. The van der Waals surface area contributed by atoms with Gasteiger partial charge in [-0.05, 0) is 18.9 Å². The molecule has 0 unspecified atom stereocenters. The van der Waals surface area contributed by atoms with Crippen molar-refractivity contribution in [1.82, 2.24) is 9.47 Å². The smallest absolute Gasteiger partial charge is 0.270 e. The van der Waals surface area contributed by atoms with Gasteiger partial charge in [0.1, 0.15) is 5.69 Å². The van der Waals surface area contributed by atoms with Crippen LogP contribution in [0.2, 0.25) is 5.02 Å². The third kappa shape index (κ3) is 3.25. The highest BCUT2D eigenvalue weighted by molar-refractivity contribution is 6.31. The van der Waals surface area contributed by atoms with Crippen LogP contribution in [-0.4, -0.2) is 52.9 Å². The number of ether oxygens (including phenoxy) is 1. The minimum atomic E-state index is -0.844. The molecule has 3 rings (SSSR count). The molecule has 1 N–H and O–H groups in total. The molecular weight excluding hydrogens is 292 g/mol. The lowest BCUT2D eigenvalue weighted by atomic mass is 9.94. The van der Waals surface area contributed by atoms with Crippen LogP contribution in [0.25, 0.3) is 0 Å². The Kier molecular flexibility index (Phi) is 3.99. The first-order valence-electron chi connectivity index (χ1n) is 7.41. The number of halogens is 1. The van der Waals surface area contributed by atoms with Crippen LogP contribution in [0.1, 0.15) is 42.2 Å².